The van der Waals surface area contributed by atoms with Gasteiger partial charge in [0.15, 0.2) is 0 Å². The molecule has 0 heteroatoms. The van der Waals surface area contributed by atoms with E-state index in [0.29, 0.717) is 5.41 Å². The zero-order valence-corrected chi connectivity index (χ0v) is 9.60. The van der Waals surface area contributed by atoms with Crippen LogP contribution in [-0.4, -0.2) is 0 Å². The van der Waals surface area contributed by atoms with Gasteiger partial charge >= 0.3 is 0 Å². The minimum atomic E-state index is 0.438. The van der Waals surface area contributed by atoms with E-state index in [9.17, 15) is 0 Å². The van der Waals surface area contributed by atoms with Gasteiger partial charge in [-0.25, -0.2) is 0 Å². The van der Waals surface area contributed by atoms with Crippen LogP contribution in [0.15, 0.2) is 25.3 Å². The maximum absolute atomic E-state index is 4.04. The van der Waals surface area contributed by atoms with E-state index < -0.39 is 0 Å². The Bertz CT molecular complexity index is 192. The first-order chi connectivity index (χ1) is 6.76. The summed E-state index contributed by atoms with van der Waals surface area (Å²) >= 11 is 0. The van der Waals surface area contributed by atoms with Gasteiger partial charge in [0.1, 0.15) is 0 Å². The zero-order chi connectivity index (χ0) is 10.4. The van der Waals surface area contributed by atoms with Gasteiger partial charge in [0.2, 0.25) is 0 Å². The molecule has 0 amide bonds. The van der Waals surface area contributed by atoms with Crippen molar-refractivity contribution in [3.8, 4) is 0 Å². The van der Waals surface area contributed by atoms with Crippen LogP contribution in [0.1, 0.15) is 51.9 Å². The van der Waals surface area contributed by atoms with Crippen LogP contribution < -0.4 is 0 Å². The van der Waals surface area contributed by atoms with Crippen LogP contribution in [0.4, 0.5) is 0 Å². The van der Waals surface area contributed by atoms with Crippen molar-refractivity contribution < 1.29 is 0 Å². The van der Waals surface area contributed by atoms with Gasteiger partial charge in [-0.1, -0.05) is 38.3 Å². The highest BCUT2D eigenvalue weighted by Crippen LogP contribution is 2.44. The highest BCUT2D eigenvalue weighted by Gasteiger charge is 2.31. The maximum Gasteiger partial charge on any atom is -0.0115 e. The molecular formula is C14H24. The SMILES string of the molecule is C=CC1CCCC(C=C)(CCCC)C1. The monoisotopic (exact) mass is 192 g/mol. The molecule has 80 valence electrons. The molecule has 0 aromatic heterocycles. The van der Waals surface area contributed by atoms with Crippen LogP contribution in [0.3, 0.4) is 0 Å². The molecule has 2 unspecified atom stereocenters. The number of hydrogen-bond acceptors (Lipinski definition) is 0. The van der Waals surface area contributed by atoms with Crippen molar-refractivity contribution in [2.75, 3.05) is 0 Å². The Morgan fingerprint density at radius 3 is 2.79 bits per heavy atom. The van der Waals surface area contributed by atoms with Gasteiger partial charge < -0.3 is 0 Å². The lowest BCUT2D eigenvalue weighted by atomic mass is 9.67. The summed E-state index contributed by atoms with van der Waals surface area (Å²) in [5.41, 5.74) is 0.438. The first-order valence-corrected chi connectivity index (χ1v) is 6.02. The van der Waals surface area contributed by atoms with Crippen molar-refractivity contribution in [2.24, 2.45) is 11.3 Å². The minimum Gasteiger partial charge on any atom is -0.103 e. The molecule has 0 saturated heterocycles. The van der Waals surface area contributed by atoms with Crippen LogP contribution in [0, 0.1) is 11.3 Å². The summed E-state index contributed by atoms with van der Waals surface area (Å²) < 4.78 is 0. The summed E-state index contributed by atoms with van der Waals surface area (Å²) in [5, 5.41) is 0. The topological polar surface area (TPSA) is 0 Å². The molecule has 0 aliphatic heterocycles. The van der Waals surface area contributed by atoms with Gasteiger partial charge in [-0.3, -0.25) is 0 Å². The first-order valence-electron chi connectivity index (χ1n) is 6.02. The van der Waals surface area contributed by atoms with Gasteiger partial charge in [-0.2, -0.15) is 0 Å². The molecule has 0 heterocycles. The maximum atomic E-state index is 4.04. The van der Waals surface area contributed by atoms with Crippen LogP contribution in [0.25, 0.3) is 0 Å². The third-order valence-corrected chi connectivity index (χ3v) is 3.71. The molecule has 0 bridgehead atoms. The highest BCUT2D eigenvalue weighted by molar-refractivity contribution is 5.01. The fraction of sp³-hybridized carbons (Fsp3) is 0.714. The molecule has 1 fully saturated rings. The van der Waals surface area contributed by atoms with Crippen LogP contribution >= 0.6 is 0 Å². The Kier molecular flexibility index (Phi) is 4.44. The average Bonchev–Trinajstić information content (AvgIpc) is 2.26. The van der Waals surface area contributed by atoms with Crippen LogP contribution in [-0.2, 0) is 0 Å². The molecule has 0 aromatic carbocycles. The lowest BCUT2D eigenvalue weighted by molar-refractivity contribution is 0.199. The van der Waals surface area contributed by atoms with E-state index in [-0.39, 0.29) is 0 Å². The molecule has 0 radical (unpaired) electrons. The van der Waals surface area contributed by atoms with E-state index >= 15 is 0 Å². The summed E-state index contributed by atoms with van der Waals surface area (Å²) in [7, 11) is 0. The summed E-state index contributed by atoms with van der Waals surface area (Å²) in [4.78, 5) is 0. The summed E-state index contributed by atoms with van der Waals surface area (Å²) in [6, 6.07) is 0. The van der Waals surface area contributed by atoms with Crippen LogP contribution in [0.5, 0.6) is 0 Å². The predicted molar refractivity (Wildman–Crippen MR) is 64.3 cm³/mol. The zero-order valence-electron chi connectivity index (χ0n) is 9.60. The third-order valence-electron chi connectivity index (χ3n) is 3.71. The molecule has 0 aromatic rings. The number of unbranched alkanes of at least 4 members (excludes halogenated alkanes) is 1. The molecule has 1 saturated carbocycles. The largest absolute Gasteiger partial charge is 0.103 e. The summed E-state index contributed by atoms with van der Waals surface area (Å²) in [5.74, 6) is 0.735. The van der Waals surface area contributed by atoms with E-state index in [1.807, 2.05) is 0 Å². The number of hydrogen-bond donors (Lipinski definition) is 0. The third kappa shape index (κ3) is 2.73. The molecule has 1 aliphatic rings. The quantitative estimate of drug-likeness (QED) is 0.553. The van der Waals surface area contributed by atoms with E-state index in [4.69, 9.17) is 0 Å². The molecule has 0 spiro atoms. The van der Waals surface area contributed by atoms with Crippen LogP contribution in [0.2, 0.25) is 0 Å². The normalized spacial score (nSPS) is 32.5. The van der Waals surface area contributed by atoms with Crippen molar-refractivity contribution >= 4 is 0 Å². The lowest BCUT2D eigenvalue weighted by Crippen LogP contribution is -2.25. The Hall–Kier alpha value is -0.520. The number of allylic oxidation sites excluding steroid dienone is 2. The molecular weight excluding hydrogens is 168 g/mol. The van der Waals surface area contributed by atoms with Gasteiger partial charge in [-0.15, -0.1) is 13.2 Å². The Balaban J connectivity index is 2.57. The average molecular weight is 192 g/mol. The van der Waals surface area contributed by atoms with Crippen molar-refractivity contribution in [1.82, 2.24) is 0 Å². The van der Waals surface area contributed by atoms with Crippen molar-refractivity contribution in [3.05, 3.63) is 25.3 Å². The summed E-state index contributed by atoms with van der Waals surface area (Å²) in [6.45, 7) is 10.2. The van der Waals surface area contributed by atoms with E-state index in [1.54, 1.807) is 0 Å². The Morgan fingerprint density at radius 1 is 1.43 bits per heavy atom. The van der Waals surface area contributed by atoms with Crippen molar-refractivity contribution in [3.63, 3.8) is 0 Å². The van der Waals surface area contributed by atoms with E-state index in [2.05, 4.69) is 32.2 Å². The molecule has 2 atom stereocenters. The van der Waals surface area contributed by atoms with Crippen molar-refractivity contribution in [2.45, 2.75) is 51.9 Å². The highest BCUT2D eigenvalue weighted by atomic mass is 14.4. The van der Waals surface area contributed by atoms with Gasteiger partial charge in [-0.05, 0) is 37.0 Å². The van der Waals surface area contributed by atoms with E-state index in [0.717, 1.165) is 5.92 Å². The minimum absolute atomic E-state index is 0.438. The fourth-order valence-electron chi connectivity index (χ4n) is 2.69. The second-order valence-electron chi connectivity index (χ2n) is 4.76. The smallest absolute Gasteiger partial charge is 0.0115 e. The predicted octanol–water partition coefficient (Wildman–Crippen LogP) is 4.73. The van der Waals surface area contributed by atoms with Gasteiger partial charge in [0.25, 0.3) is 0 Å². The molecule has 0 nitrogen and oxygen atoms in total. The van der Waals surface area contributed by atoms with Gasteiger partial charge in [0.05, 0.1) is 0 Å². The Morgan fingerprint density at radius 2 is 2.21 bits per heavy atom. The molecule has 1 rings (SSSR count). The second-order valence-corrected chi connectivity index (χ2v) is 4.76. The summed E-state index contributed by atoms with van der Waals surface area (Å²) in [6.07, 6.45) is 13.7. The van der Waals surface area contributed by atoms with E-state index in [1.165, 1.54) is 44.9 Å². The molecule has 14 heavy (non-hydrogen) atoms. The first kappa shape index (κ1) is 11.6. The second kappa shape index (κ2) is 5.38. The van der Waals surface area contributed by atoms with Gasteiger partial charge in [0, 0.05) is 0 Å². The standard InChI is InChI=1S/C14H24/c1-4-7-10-14(6-3)11-8-9-13(5-2)12-14/h5-6,13H,2-4,7-12H2,1H3. The lowest BCUT2D eigenvalue weighted by Gasteiger charge is -2.38. The number of rotatable bonds is 5. The molecule has 1 aliphatic carbocycles. The van der Waals surface area contributed by atoms with Crippen molar-refractivity contribution in [1.29, 1.82) is 0 Å². The Labute approximate surface area is 89.1 Å². The fourth-order valence-corrected chi connectivity index (χ4v) is 2.69. The molecule has 0 N–H and O–H groups in total.